The third kappa shape index (κ3) is 4.66. The first-order chi connectivity index (χ1) is 14.4. The normalized spacial score (nSPS) is 10.5. The number of benzene rings is 1. The Morgan fingerprint density at radius 1 is 1.20 bits per heavy atom. The predicted molar refractivity (Wildman–Crippen MR) is 111 cm³/mol. The highest BCUT2D eigenvalue weighted by Crippen LogP contribution is 2.33. The van der Waals surface area contributed by atoms with E-state index in [4.69, 9.17) is 15.2 Å². The third-order valence-electron chi connectivity index (χ3n) is 4.06. The Bertz CT molecular complexity index is 1070. The molecule has 2 heterocycles. The summed E-state index contributed by atoms with van der Waals surface area (Å²) in [5.74, 6) is -1.20. The van der Waals surface area contributed by atoms with Crippen molar-refractivity contribution in [1.29, 1.82) is 0 Å². The number of para-hydroxylation sites is 1. The van der Waals surface area contributed by atoms with E-state index in [0.717, 1.165) is 11.3 Å². The van der Waals surface area contributed by atoms with Crippen LogP contribution >= 0.6 is 11.3 Å². The van der Waals surface area contributed by atoms with Gasteiger partial charge in [0.05, 0.1) is 17.0 Å². The maximum atomic E-state index is 12.6. The van der Waals surface area contributed by atoms with Gasteiger partial charge in [0.1, 0.15) is 10.8 Å². The molecule has 10 heteroatoms. The second-order valence-electron chi connectivity index (χ2n) is 6.13. The van der Waals surface area contributed by atoms with Crippen LogP contribution in [0, 0.1) is 6.92 Å². The molecule has 0 atom stereocenters. The van der Waals surface area contributed by atoms with Crippen molar-refractivity contribution in [2.45, 2.75) is 20.6 Å². The van der Waals surface area contributed by atoms with Crippen LogP contribution in [0.25, 0.3) is 0 Å². The molecule has 3 aromatic rings. The van der Waals surface area contributed by atoms with Crippen LogP contribution in [-0.2, 0) is 11.5 Å². The van der Waals surface area contributed by atoms with E-state index in [1.54, 1.807) is 20.0 Å². The Morgan fingerprint density at radius 3 is 2.60 bits per heavy atom. The molecule has 2 amide bonds. The van der Waals surface area contributed by atoms with Gasteiger partial charge in [-0.25, -0.2) is 9.48 Å². The quantitative estimate of drug-likeness (QED) is 0.532. The van der Waals surface area contributed by atoms with Crippen molar-refractivity contribution < 1.29 is 23.9 Å². The Kier molecular flexibility index (Phi) is 6.48. The maximum Gasteiger partial charge on any atom is 0.341 e. The molecular formula is C20H20N4O5S. The molecule has 0 aliphatic carbocycles. The van der Waals surface area contributed by atoms with E-state index >= 15 is 0 Å². The maximum absolute atomic E-state index is 12.6. The minimum atomic E-state index is -0.689. The Hall–Kier alpha value is -3.66. The number of hydrogen-bond donors (Lipinski definition) is 2. The SMILES string of the molecule is CCOC(=O)c1c(NC(=O)c2ccn(COc3ccccc3)n2)sc(C(N)=O)c1C. The molecule has 0 saturated heterocycles. The lowest BCUT2D eigenvalue weighted by atomic mass is 10.1. The second-order valence-corrected chi connectivity index (χ2v) is 7.15. The fraction of sp³-hybridized carbons (Fsp3) is 0.200. The van der Waals surface area contributed by atoms with Gasteiger partial charge >= 0.3 is 5.97 Å². The van der Waals surface area contributed by atoms with Crippen LogP contribution in [0.2, 0.25) is 0 Å². The smallest absolute Gasteiger partial charge is 0.341 e. The van der Waals surface area contributed by atoms with E-state index in [0.29, 0.717) is 11.3 Å². The van der Waals surface area contributed by atoms with E-state index in [1.807, 2.05) is 30.3 Å². The molecule has 0 radical (unpaired) electrons. The summed E-state index contributed by atoms with van der Waals surface area (Å²) in [6, 6.07) is 10.7. The summed E-state index contributed by atoms with van der Waals surface area (Å²) < 4.78 is 12.1. The highest BCUT2D eigenvalue weighted by molar-refractivity contribution is 7.18. The lowest BCUT2D eigenvalue weighted by molar-refractivity contribution is 0.0527. The van der Waals surface area contributed by atoms with Gasteiger partial charge in [-0.05, 0) is 37.6 Å². The molecule has 156 valence electrons. The average Bonchev–Trinajstić information content (AvgIpc) is 3.32. The van der Waals surface area contributed by atoms with Gasteiger partial charge in [0.25, 0.3) is 11.8 Å². The summed E-state index contributed by atoms with van der Waals surface area (Å²) in [7, 11) is 0. The fourth-order valence-electron chi connectivity index (χ4n) is 2.66. The summed E-state index contributed by atoms with van der Waals surface area (Å²) in [6.07, 6.45) is 1.60. The predicted octanol–water partition coefficient (Wildman–Crippen LogP) is 2.82. The van der Waals surface area contributed by atoms with Crippen LogP contribution in [-0.4, -0.2) is 34.2 Å². The van der Waals surface area contributed by atoms with E-state index < -0.39 is 17.8 Å². The topological polar surface area (TPSA) is 126 Å². The summed E-state index contributed by atoms with van der Waals surface area (Å²) in [5.41, 5.74) is 5.96. The summed E-state index contributed by atoms with van der Waals surface area (Å²) in [4.78, 5) is 36.8. The van der Waals surface area contributed by atoms with Crippen molar-refractivity contribution in [2.75, 3.05) is 11.9 Å². The number of rotatable bonds is 8. The van der Waals surface area contributed by atoms with Crippen LogP contribution in [0.3, 0.4) is 0 Å². The third-order valence-corrected chi connectivity index (χ3v) is 5.28. The molecule has 1 aromatic carbocycles. The standard InChI is InChI=1S/C20H20N4O5S/c1-3-28-20(27)15-12(2)16(17(21)25)30-19(15)22-18(26)14-9-10-24(23-14)11-29-13-7-5-4-6-8-13/h4-10H,3,11H2,1-2H3,(H2,21,25)(H,22,26). The number of carbonyl (C=O) groups excluding carboxylic acids is 3. The number of primary amides is 1. The van der Waals surface area contributed by atoms with Crippen molar-refractivity contribution in [3.05, 3.63) is 64.3 Å². The largest absolute Gasteiger partial charge is 0.471 e. The van der Waals surface area contributed by atoms with Gasteiger partial charge in [-0.1, -0.05) is 18.2 Å². The second kappa shape index (κ2) is 9.23. The molecule has 3 N–H and O–H groups in total. The molecule has 9 nitrogen and oxygen atoms in total. The van der Waals surface area contributed by atoms with Crippen LogP contribution in [0.4, 0.5) is 5.00 Å². The molecule has 0 unspecified atom stereocenters. The van der Waals surface area contributed by atoms with Gasteiger partial charge in [0.2, 0.25) is 0 Å². The van der Waals surface area contributed by atoms with Gasteiger partial charge in [0.15, 0.2) is 12.4 Å². The molecule has 2 aromatic heterocycles. The van der Waals surface area contributed by atoms with Crippen molar-refractivity contribution >= 4 is 34.1 Å². The van der Waals surface area contributed by atoms with E-state index in [-0.39, 0.29) is 34.5 Å². The molecule has 0 saturated carbocycles. The van der Waals surface area contributed by atoms with E-state index in [1.165, 1.54) is 10.7 Å². The zero-order valence-corrected chi connectivity index (χ0v) is 17.2. The number of esters is 1. The summed E-state index contributed by atoms with van der Waals surface area (Å²) in [5, 5.41) is 6.98. The lowest BCUT2D eigenvalue weighted by Gasteiger charge is -2.06. The number of anilines is 1. The van der Waals surface area contributed by atoms with Crippen molar-refractivity contribution in [3.8, 4) is 5.75 Å². The molecule has 0 fully saturated rings. The van der Waals surface area contributed by atoms with Crippen molar-refractivity contribution in [3.63, 3.8) is 0 Å². The monoisotopic (exact) mass is 428 g/mol. The molecular weight excluding hydrogens is 408 g/mol. The molecule has 0 aliphatic rings. The van der Waals surface area contributed by atoms with E-state index in [2.05, 4.69) is 10.4 Å². The van der Waals surface area contributed by atoms with Gasteiger partial charge in [0, 0.05) is 6.20 Å². The first kappa shape index (κ1) is 21.1. The van der Waals surface area contributed by atoms with Gasteiger partial charge in [-0.15, -0.1) is 11.3 Å². The highest BCUT2D eigenvalue weighted by Gasteiger charge is 2.26. The number of nitrogens with two attached hydrogens (primary N) is 1. The van der Waals surface area contributed by atoms with Crippen LogP contribution in [0.15, 0.2) is 42.6 Å². The number of amides is 2. The Labute approximate surface area is 176 Å². The minimum absolute atomic E-state index is 0.107. The Balaban J connectivity index is 1.76. The highest BCUT2D eigenvalue weighted by atomic mass is 32.1. The van der Waals surface area contributed by atoms with Gasteiger partial charge in [-0.2, -0.15) is 5.10 Å². The average molecular weight is 428 g/mol. The number of carbonyl (C=O) groups is 3. The zero-order valence-electron chi connectivity index (χ0n) is 16.4. The van der Waals surface area contributed by atoms with Crippen LogP contribution in [0.5, 0.6) is 5.75 Å². The zero-order chi connectivity index (χ0) is 21.7. The van der Waals surface area contributed by atoms with E-state index in [9.17, 15) is 14.4 Å². The number of nitrogens with one attached hydrogen (secondary N) is 1. The molecule has 0 spiro atoms. The summed E-state index contributed by atoms with van der Waals surface area (Å²) in [6.45, 7) is 3.51. The van der Waals surface area contributed by atoms with Gasteiger partial charge < -0.3 is 20.5 Å². The first-order valence-corrected chi connectivity index (χ1v) is 9.85. The van der Waals surface area contributed by atoms with Gasteiger partial charge in [-0.3, -0.25) is 9.59 Å². The van der Waals surface area contributed by atoms with Crippen LogP contribution < -0.4 is 15.8 Å². The Morgan fingerprint density at radius 2 is 1.93 bits per heavy atom. The number of nitrogens with zero attached hydrogens (tertiary/aromatic N) is 2. The number of ether oxygens (including phenoxy) is 2. The lowest BCUT2D eigenvalue weighted by Crippen LogP contribution is -2.16. The molecule has 0 aliphatic heterocycles. The minimum Gasteiger partial charge on any atom is -0.471 e. The molecule has 3 rings (SSSR count). The summed E-state index contributed by atoms with van der Waals surface area (Å²) >= 11 is 0.919. The molecule has 30 heavy (non-hydrogen) atoms. The first-order valence-electron chi connectivity index (χ1n) is 9.03. The van der Waals surface area contributed by atoms with Crippen LogP contribution in [0.1, 0.15) is 43.0 Å². The molecule has 0 bridgehead atoms. The van der Waals surface area contributed by atoms with Crippen molar-refractivity contribution in [2.24, 2.45) is 5.73 Å². The van der Waals surface area contributed by atoms with Crippen molar-refractivity contribution in [1.82, 2.24) is 9.78 Å². The number of hydrogen-bond acceptors (Lipinski definition) is 7. The fourth-order valence-corrected chi connectivity index (χ4v) is 3.71. The number of thiophene rings is 1. The number of aromatic nitrogens is 2.